The second-order valence-electron chi connectivity index (χ2n) is 8.51. The van der Waals surface area contributed by atoms with Gasteiger partial charge in [-0.1, -0.05) is 32.9 Å². The Hall–Kier alpha value is -2.54. The molecule has 1 fully saturated rings. The summed E-state index contributed by atoms with van der Waals surface area (Å²) < 4.78 is 14.2. The summed E-state index contributed by atoms with van der Waals surface area (Å²) in [6.07, 6.45) is 6.41. The van der Waals surface area contributed by atoms with Crippen LogP contribution in [0, 0.1) is 17.7 Å². The maximum atomic E-state index is 14.2. The van der Waals surface area contributed by atoms with Crippen LogP contribution in [0.4, 0.5) is 15.2 Å². The van der Waals surface area contributed by atoms with Crippen LogP contribution < -0.4 is 4.90 Å². The number of likely N-dealkylation sites (tertiary alicyclic amines) is 1. The van der Waals surface area contributed by atoms with Gasteiger partial charge >= 0.3 is 0 Å². The van der Waals surface area contributed by atoms with Crippen LogP contribution in [0.15, 0.2) is 35.7 Å². The molecule has 2 heterocycles. The first-order valence-corrected chi connectivity index (χ1v) is 11.6. The molecule has 2 unspecified atom stereocenters. The van der Waals surface area contributed by atoms with Crippen LogP contribution in [-0.2, 0) is 9.59 Å². The number of hydrogen-bond acceptors (Lipinski definition) is 4. The highest BCUT2D eigenvalue weighted by atomic mass is 32.1. The van der Waals surface area contributed by atoms with E-state index in [4.69, 9.17) is 0 Å². The minimum Gasteiger partial charge on any atom is -0.336 e. The normalized spacial score (nSPS) is 19.6. The summed E-state index contributed by atoms with van der Waals surface area (Å²) in [7, 11) is 0. The van der Waals surface area contributed by atoms with Gasteiger partial charge in [0.2, 0.25) is 11.8 Å². The molecule has 166 valence electrons. The first-order valence-electron chi connectivity index (χ1n) is 10.8. The van der Waals surface area contributed by atoms with Crippen molar-refractivity contribution in [2.75, 3.05) is 11.4 Å². The van der Waals surface area contributed by atoms with E-state index in [1.807, 2.05) is 4.90 Å². The average molecular weight is 444 g/mol. The van der Waals surface area contributed by atoms with Gasteiger partial charge in [-0.2, -0.15) is 0 Å². The van der Waals surface area contributed by atoms with Crippen LogP contribution in [0.3, 0.4) is 0 Å². The molecule has 0 radical (unpaired) electrons. The number of para-hydroxylation sites is 1. The molecule has 1 saturated heterocycles. The summed E-state index contributed by atoms with van der Waals surface area (Å²) in [6, 6.07) is 6.35. The summed E-state index contributed by atoms with van der Waals surface area (Å²) in [5, 5.41) is 2.13. The molecule has 2 amide bonds. The maximum Gasteiger partial charge on any atom is 0.246 e. The Morgan fingerprint density at radius 2 is 2.00 bits per heavy atom. The predicted molar refractivity (Wildman–Crippen MR) is 124 cm³/mol. The first-order chi connectivity index (χ1) is 14.8. The molecular weight excluding hydrogens is 413 g/mol. The fraction of sp³-hybridized carbons (Fsp3) is 0.458. The molecule has 1 aromatic heterocycles. The number of rotatable bonds is 5. The van der Waals surface area contributed by atoms with Gasteiger partial charge < -0.3 is 4.90 Å². The van der Waals surface area contributed by atoms with Crippen LogP contribution in [0.2, 0.25) is 0 Å². The van der Waals surface area contributed by atoms with Gasteiger partial charge in [0, 0.05) is 31.0 Å². The van der Waals surface area contributed by atoms with Gasteiger partial charge in [0.15, 0.2) is 5.13 Å². The number of carbonyl (C=O) groups is 2. The van der Waals surface area contributed by atoms with Crippen LogP contribution in [-0.4, -0.2) is 34.3 Å². The maximum absolute atomic E-state index is 14.2. The van der Waals surface area contributed by atoms with E-state index in [0.29, 0.717) is 22.7 Å². The molecule has 7 heteroatoms. The van der Waals surface area contributed by atoms with E-state index in [0.717, 1.165) is 25.8 Å². The number of thiazole rings is 1. The van der Waals surface area contributed by atoms with E-state index in [-0.39, 0.29) is 23.5 Å². The van der Waals surface area contributed by atoms with Gasteiger partial charge in [-0.3, -0.25) is 14.5 Å². The zero-order valence-electron chi connectivity index (χ0n) is 18.5. The van der Waals surface area contributed by atoms with Crippen molar-refractivity contribution in [2.45, 2.75) is 53.0 Å². The molecule has 0 spiro atoms. The third kappa shape index (κ3) is 5.58. The molecular formula is C24H30FN3O2S. The Balaban J connectivity index is 1.78. The minimum atomic E-state index is -0.490. The van der Waals surface area contributed by atoms with Crippen molar-refractivity contribution in [3.8, 4) is 0 Å². The van der Waals surface area contributed by atoms with Gasteiger partial charge in [0.1, 0.15) is 5.82 Å². The molecule has 0 saturated carbocycles. The SMILES string of the molecule is CC(=O)N(c1nc(C=CC(=O)N2CCC(C)CCC2C(C)C)cs1)c1ccccc1F. The minimum absolute atomic E-state index is 0.0140. The molecule has 3 rings (SSSR count). The van der Waals surface area contributed by atoms with Gasteiger partial charge in [-0.15, -0.1) is 11.3 Å². The standard InChI is InChI=1S/C24H30FN3O2S/c1-16(2)21-11-9-17(3)13-14-27(21)23(30)12-10-19-15-31-24(26-19)28(18(4)29)22-8-6-5-7-20(22)25/h5-8,10,12,15-17,21H,9,11,13-14H2,1-4H3. The molecule has 2 aromatic rings. The van der Waals surface area contributed by atoms with Crippen molar-refractivity contribution in [3.05, 3.63) is 47.2 Å². The quantitative estimate of drug-likeness (QED) is 0.561. The van der Waals surface area contributed by atoms with Crippen LogP contribution in [0.5, 0.6) is 0 Å². The van der Waals surface area contributed by atoms with Crippen molar-refractivity contribution < 1.29 is 14.0 Å². The highest BCUT2D eigenvalue weighted by Crippen LogP contribution is 2.31. The number of aromatic nitrogens is 1. The Morgan fingerprint density at radius 1 is 1.26 bits per heavy atom. The number of anilines is 2. The highest BCUT2D eigenvalue weighted by molar-refractivity contribution is 7.14. The number of benzene rings is 1. The highest BCUT2D eigenvalue weighted by Gasteiger charge is 2.28. The lowest BCUT2D eigenvalue weighted by molar-refractivity contribution is -0.129. The predicted octanol–water partition coefficient (Wildman–Crippen LogP) is 5.65. The third-order valence-electron chi connectivity index (χ3n) is 5.78. The van der Waals surface area contributed by atoms with E-state index in [9.17, 15) is 14.0 Å². The third-order valence-corrected chi connectivity index (χ3v) is 6.62. The molecule has 2 atom stereocenters. The lowest BCUT2D eigenvalue weighted by Gasteiger charge is -2.32. The van der Waals surface area contributed by atoms with E-state index < -0.39 is 5.82 Å². The monoisotopic (exact) mass is 443 g/mol. The lowest BCUT2D eigenvalue weighted by Crippen LogP contribution is -2.42. The van der Waals surface area contributed by atoms with Crippen molar-refractivity contribution in [3.63, 3.8) is 0 Å². The number of carbonyl (C=O) groups excluding carboxylic acids is 2. The van der Waals surface area contributed by atoms with E-state index in [1.165, 1.54) is 29.2 Å². The smallest absolute Gasteiger partial charge is 0.246 e. The van der Waals surface area contributed by atoms with Gasteiger partial charge in [-0.25, -0.2) is 9.37 Å². The topological polar surface area (TPSA) is 53.5 Å². The van der Waals surface area contributed by atoms with Crippen LogP contribution in [0.25, 0.3) is 6.08 Å². The Morgan fingerprint density at radius 3 is 2.68 bits per heavy atom. The Kier molecular flexibility index (Phi) is 7.59. The first kappa shape index (κ1) is 23.1. The Labute approximate surface area is 187 Å². The molecule has 0 aliphatic carbocycles. The zero-order chi connectivity index (χ0) is 22.5. The molecule has 0 N–H and O–H groups in total. The van der Waals surface area contributed by atoms with Crippen molar-refractivity contribution in [2.24, 2.45) is 11.8 Å². The largest absolute Gasteiger partial charge is 0.336 e. The average Bonchev–Trinajstić information content (AvgIpc) is 3.08. The number of amides is 2. The van der Waals surface area contributed by atoms with Crippen LogP contribution in [0.1, 0.15) is 52.7 Å². The number of nitrogens with zero attached hydrogens (tertiary/aromatic N) is 3. The molecule has 5 nitrogen and oxygen atoms in total. The second-order valence-corrected chi connectivity index (χ2v) is 9.34. The van der Waals surface area contributed by atoms with E-state index in [2.05, 4.69) is 25.8 Å². The molecule has 31 heavy (non-hydrogen) atoms. The number of hydrogen-bond donors (Lipinski definition) is 0. The Bertz CT molecular complexity index is 956. The van der Waals surface area contributed by atoms with Gasteiger partial charge in [0.05, 0.1) is 11.4 Å². The van der Waals surface area contributed by atoms with Crippen LogP contribution >= 0.6 is 11.3 Å². The van der Waals surface area contributed by atoms with Gasteiger partial charge in [-0.05, 0) is 49.3 Å². The van der Waals surface area contributed by atoms with E-state index >= 15 is 0 Å². The summed E-state index contributed by atoms with van der Waals surface area (Å²) in [6.45, 7) is 8.71. The summed E-state index contributed by atoms with van der Waals surface area (Å²) in [4.78, 5) is 32.8. The molecule has 1 aliphatic rings. The van der Waals surface area contributed by atoms with Crippen molar-refractivity contribution in [1.82, 2.24) is 9.88 Å². The fourth-order valence-corrected chi connectivity index (χ4v) is 4.84. The van der Waals surface area contributed by atoms with Gasteiger partial charge in [0.25, 0.3) is 0 Å². The fourth-order valence-electron chi connectivity index (χ4n) is 4.00. The summed E-state index contributed by atoms with van der Waals surface area (Å²) >= 11 is 1.24. The second kappa shape index (κ2) is 10.2. The van der Waals surface area contributed by atoms with Crippen molar-refractivity contribution in [1.29, 1.82) is 0 Å². The summed E-state index contributed by atoms with van der Waals surface area (Å²) in [5.74, 6) is 0.193. The molecule has 1 aliphatic heterocycles. The summed E-state index contributed by atoms with van der Waals surface area (Å²) in [5.41, 5.74) is 0.731. The van der Waals surface area contributed by atoms with Crippen molar-refractivity contribution >= 4 is 40.0 Å². The molecule has 1 aromatic carbocycles. The number of halogens is 1. The van der Waals surface area contributed by atoms with E-state index in [1.54, 1.807) is 35.7 Å². The lowest BCUT2D eigenvalue weighted by atomic mass is 9.95. The zero-order valence-corrected chi connectivity index (χ0v) is 19.4. The molecule has 0 bridgehead atoms.